The van der Waals surface area contributed by atoms with Crippen molar-refractivity contribution < 1.29 is 9.90 Å². The smallest absolute Gasteiger partial charge is 0.265 e. The summed E-state index contributed by atoms with van der Waals surface area (Å²) < 4.78 is 0.903. The van der Waals surface area contributed by atoms with Crippen molar-refractivity contribution >= 4 is 50.5 Å². The zero-order chi connectivity index (χ0) is 13.6. The lowest BCUT2D eigenvalue weighted by Crippen LogP contribution is -2.29. The Morgan fingerprint density at radius 3 is 2.89 bits per heavy atom. The molecule has 19 heavy (non-hydrogen) atoms. The molecule has 1 fully saturated rings. The molecular formula is C13H11Cl2NO2S. The number of nitrogens with zero attached hydrogens (tertiary/aromatic N) is 1. The average Bonchev–Trinajstić information content (AvgIpc) is 2.93. The molecule has 6 heteroatoms. The molecule has 3 nitrogen and oxygen atoms in total. The quantitative estimate of drug-likeness (QED) is 0.876. The van der Waals surface area contributed by atoms with Crippen LogP contribution in [0.5, 0.6) is 0 Å². The van der Waals surface area contributed by atoms with Crippen LogP contribution in [0, 0.1) is 0 Å². The minimum atomic E-state index is -0.424. The van der Waals surface area contributed by atoms with E-state index in [0.29, 0.717) is 34.4 Å². The van der Waals surface area contributed by atoms with Crippen LogP contribution in [0.2, 0.25) is 10.0 Å². The number of fused-ring (bicyclic) bond motifs is 1. The SMILES string of the molecule is O=C(c1sc2cc(Cl)ccc2c1Cl)N1CCC(O)C1. The van der Waals surface area contributed by atoms with Gasteiger partial charge < -0.3 is 10.0 Å². The summed E-state index contributed by atoms with van der Waals surface area (Å²) in [5.41, 5.74) is 0. The number of rotatable bonds is 1. The van der Waals surface area contributed by atoms with Gasteiger partial charge in [-0.3, -0.25) is 4.79 Å². The molecule has 1 unspecified atom stereocenters. The van der Waals surface area contributed by atoms with Crippen LogP contribution < -0.4 is 0 Å². The van der Waals surface area contributed by atoms with Gasteiger partial charge in [0.1, 0.15) is 4.88 Å². The molecule has 0 aliphatic carbocycles. The van der Waals surface area contributed by atoms with Gasteiger partial charge >= 0.3 is 0 Å². The molecule has 1 saturated heterocycles. The van der Waals surface area contributed by atoms with Crippen LogP contribution in [0.15, 0.2) is 18.2 Å². The van der Waals surface area contributed by atoms with Crippen molar-refractivity contribution in [2.24, 2.45) is 0 Å². The molecule has 2 aromatic rings. The molecule has 1 atom stereocenters. The third-order valence-electron chi connectivity index (χ3n) is 3.24. The van der Waals surface area contributed by atoms with Crippen LogP contribution in [0.1, 0.15) is 16.1 Å². The third kappa shape index (κ3) is 2.34. The minimum Gasteiger partial charge on any atom is -0.391 e. The Labute approximate surface area is 124 Å². The number of halogens is 2. The average molecular weight is 316 g/mol. The largest absolute Gasteiger partial charge is 0.391 e. The van der Waals surface area contributed by atoms with Crippen molar-refractivity contribution in [3.05, 3.63) is 33.1 Å². The van der Waals surface area contributed by atoms with Gasteiger partial charge in [0, 0.05) is 28.2 Å². The number of thiophene rings is 1. The first-order valence-electron chi connectivity index (χ1n) is 5.91. The molecule has 1 N–H and O–H groups in total. The summed E-state index contributed by atoms with van der Waals surface area (Å²) >= 11 is 13.6. The van der Waals surface area contributed by atoms with Crippen LogP contribution in [0.25, 0.3) is 10.1 Å². The first-order chi connectivity index (χ1) is 9.06. The second kappa shape index (κ2) is 4.94. The summed E-state index contributed by atoms with van der Waals surface area (Å²) in [6.07, 6.45) is 0.201. The van der Waals surface area contributed by atoms with Crippen molar-refractivity contribution in [1.29, 1.82) is 0 Å². The summed E-state index contributed by atoms with van der Waals surface area (Å²) in [6, 6.07) is 5.39. The Balaban J connectivity index is 2.00. The Kier molecular flexibility index (Phi) is 3.43. The number of likely N-dealkylation sites (tertiary alicyclic amines) is 1. The molecule has 1 aromatic heterocycles. The van der Waals surface area contributed by atoms with Gasteiger partial charge in [-0.1, -0.05) is 29.3 Å². The molecule has 0 spiro atoms. The van der Waals surface area contributed by atoms with Crippen molar-refractivity contribution in [3.63, 3.8) is 0 Å². The number of carbonyl (C=O) groups is 1. The molecule has 1 amide bonds. The highest BCUT2D eigenvalue weighted by Gasteiger charge is 2.28. The van der Waals surface area contributed by atoms with Gasteiger partial charge in [-0.2, -0.15) is 0 Å². The molecular weight excluding hydrogens is 305 g/mol. The molecule has 0 radical (unpaired) electrons. The zero-order valence-corrected chi connectivity index (χ0v) is 12.2. The van der Waals surface area contributed by atoms with E-state index in [1.165, 1.54) is 11.3 Å². The number of β-amino-alcohol motifs (C(OH)–C–C–N with tert-alkyl or cyclic N) is 1. The molecule has 1 aliphatic rings. The van der Waals surface area contributed by atoms with Crippen molar-refractivity contribution in [2.75, 3.05) is 13.1 Å². The molecule has 100 valence electrons. The van der Waals surface area contributed by atoms with Gasteiger partial charge in [-0.15, -0.1) is 11.3 Å². The van der Waals surface area contributed by atoms with Crippen LogP contribution in [-0.2, 0) is 0 Å². The van der Waals surface area contributed by atoms with Crippen LogP contribution in [-0.4, -0.2) is 35.1 Å². The van der Waals surface area contributed by atoms with Gasteiger partial charge in [0.25, 0.3) is 5.91 Å². The highest BCUT2D eigenvalue weighted by Crippen LogP contribution is 2.37. The number of carbonyl (C=O) groups excluding carboxylic acids is 1. The number of benzene rings is 1. The summed E-state index contributed by atoms with van der Waals surface area (Å²) in [4.78, 5) is 14.5. The van der Waals surface area contributed by atoms with Gasteiger partial charge in [-0.25, -0.2) is 0 Å². The number of aliphatic hydroxyl groups is 1. The van der Waals surface area contributed by atoms with Gasteiger partial charge in [0.05, 0.1) is 11.1 Å². The monoisotopic (exact) mass is 315 g/mol. The first-order valence-corrected chi connectivity index (χ1v) is 7.48. The summed E-state index contributed by atoms with van der Waals surface area (Å²) in [5, 5.41) is 11.4. The predicted molar refractivity (Wildman–Crippen MR) is 78.4 cm³/mol. The van der Waals surface area contributed by atoms with E-state index in [1.807, 2.05) is 12.1 Å². The normalized spacial score (nSPS) is 19.3. The van der Waals surface area contributed by atoms with E-state index in [-0.39, 0.29) is 5.91 Å². The fourth-order valence-corrected chi connectivity index (χ4v) is 4.00. The van der Waals surface area contributed by atoms with Crippen molar-refractivity contribution in [3.8, 4) is 0 Å². The summed E-state index contributed by atoms with van der Waals surface area (Å²) in [5.74, 6) is -0.112. The molecule has 0 saturated carbocycles. The summed E-state index contributed by atoms with van der Waals surface area (Å²) in [6.45, 7) is 0.954. The van der Waals surface area contributed by atoms with E-state index in [1.54, 1.807) is 11.0 Å². The number of aliphatic hydroxyl groups excluding tert-OH is 1. The second-order valence-corrected chi connectivity index (χ2v) is 6.45. The zero-order valence-electron chi connectivity index (χ0n) is 9.90. The van der Waals surface area contributed by atoms with Crippen LogP contribution in [0.4, 0.5) is 0 Å². The van der Waals surface area contributed by atoms with E-state index < -0.39 is 6.10 Å². The Bertz CT molecular complexity index is 655. The number of amides is 1. The number of hydrogen-bond acceptors (Lipinski definition) is 3. The molecule has 3 rings (SSSR count). The minimum absolute atomic E-state index is 0.112. The standard InChI is InChI=1S/C13H11Cl2NO2S/c14-7-1-2-9-10(5-7)19-12(11(9)15)13(18)16-4-3-8(17)6-16/h1-2,5,8,17H,3-4,6H2. The van der Waals surface area contributed by atoms with E-state index >= 15 is 0 Å². The maximum Gasteiger partial charge on any atom is 0.265 e. The highest BCUT2D eigenvalue weighted by atomic mass is 35.5. The molecule has 1 aromatic carbocycles. The Morgan fingerprint density at radius 2 is 2.21 bits per heavy atom. The summed E-state index contributed by atoms with van der Waals surface area (Å²) in [7, 11) is 0. The lowest BCUT2D eigenvalue weighted by Gasteiger charge is -2.14. The fourth-order valence-electron chi connectivity index (χ4n) is 2.25. The van der Waals surface area contributed by atoms with Gasteiger partial charge in [0.2, 0.25) is 0 Å². The Morgan fingerprint density at radius 1 is 1.42 bits per heavy atom. The van der Waals surface area contributed by atoms with E-state index in [0.717, 1.165) is 10.1 Å². The van der Waals surface area contributed by atoms with Crippen molar-refractivity contribution in [1.82, 2.24) is 4.90 Å². The van der Waals surface area contributed by atoms with Gasteiger partial charge in [-0.05, 0) is 18.6 Å². The number of hydrogen-bond donors (Lipinski definition) is 1. The van der Waals surface area contributed by atoms with Crippen molar-refractivity contribution in [2.45, 2.75) is 12.5 Å². The molecule has 1 aliphatic heterocycles. The predicted octanol–water partition coefficient (Wildman–Crippen LogP) is 3.41. The molecule has 2 heterocycles. The van der Waals surface area contributed by atoms with E-state index in [2.05, 4.69) is 0 Å². The Hall–Kier alpha value is -0.810. The second-order valence-electron chi connectivity index (χ2n) is 4.58. The topological polar surface area (TPSA) is 40.5 Å². The van der Waals surface area contributed by atoms with Crippen LogP contribution >= 0.6 is 34.5 Å². The fraction of sp³-hybridized carbons (Fsp3) is 0.308. The van der Waals surface area contributed by atoms with Crippen LogP contribution in [0.3, 0.4) is 0 Å². The lowest BCUT2D eigenvalue weighted by atomic mass is 10.2. The maximum absolute atomic E-state index is 12.4. The molecule has 0 bridgehead atoms. The highest BCUT2D eigenvalue weighted by molar-refractivity contribution is 7.21. The lowest BCUT2D eigenvalue weighted by molar-refractivity contribution is 0.0770. The third-order valence-corrected chi connectivity index (χ3v) is 5.12. The van der Waals surface area contributed by atoms with Gasteiger partial charge in [0.15, 0.2) is 0 Å². The van der Waals surface area contributed by atoms with E-state index in [4.69, 9.17) is 23.2 Å². The first kappa shape index (κ1) is 13.2. The maximum atomic E-state index is 12.4. The van der Waals surface area contributed by atoms with E-state index in [9.17, 15) is 9.90 Å².